The lowest BCUT2D eigenvalue weighted by molar-refractivity contribution is 0.401. The molecule has 5 nitrogen and oxygen atoms in total. The molecule has 0 fully saturated rings. The number of hydrogen-bond acceptors (Lipinski definition) is 6. The SMILES string of the molecule is COc1cc(O[Si](C(C)C)(C(C)C)C(C)C)c(F)c(C(Nc2ccc(C#N)cc2)C(=N)SC)c1. The summed E-state index contributed by atoms with van der Waals surface area (Å²) < 4.78 is 28.3. The van der Waals surface area contributed by atoms with Crippen molar-refractivity contribution < 1.29 is 13.6 Å². The maximum absolute atomic E-state index is 16.1. The van der Waals surface area contributed by atoms with Gasteiger partial charge < -0.3 is 14.5 Å². The van der Waals surface area contributed by atoms with Crippen molar-refractivity contribution in [3.8, 4) is 17.6 Å². The highest BCUT2D eigenvalue weighted by Gasteiger charge is 2.47. The Hall–Kier alpha value is -2.50. The molecule has 0 aliphatic carbocycles. The van der Waals surface area contributed by atoms with Gasteiger partial charge in [0, 0.05) is 17.3 Å². The van der Waals surface area contributed by atoms with Crippen molar-refractivity contribution in [2.24, 2.45) is 0 Å². The van der Waals surface area contributed by atoms with Crippen molar-refractivity contribution in [2.45, 2.75) is 64.2 Å². The predicted octanol–water partition coefficient (Wildman–Crippen LogP) is 7.75. The lowest BCUT2D eigenvalue weighted by Gasteiger charge is -2.42. The largest absolute Gasteiger partial charge is 0.541 e. The zero-order chi connectivity index (χ0) is 25.6. The number of methoxy groups -OCH3 is 1. The highest BCUT2D eigenvalue weighted by atomic mass is 32.2. The van der Waals surface area contributed by atoms with E-state index in [2.05, 4.69) is 52.9 Å². The Balaban J connectivity index is 2.63. The highest BCUT2D eigenvalue weighted by Crippen LogP contribution is 2.45. The van der Waals surface area contributed by atoms with E-state index < -0.39 is 20.2 Å². The van der Waals surface area contributed by atoms with Crippen LogP contribution in [0.25, 0.3) is 0 Å². The van der Waals surface area contributed by atoms with E-state index in [-0.39, 0.29) is 33.0 Å². The lowest BCUT2D eigenvalue weighted by atomic mass is 10.0. The van der Waals surface area contributed by atoms with Crippen LogP contribution in [0.2, 0.25) is 16.6 Å². The molecule has 0 bridgehead atoms. The molecule has 0 aromatic heterocycles. The summed E-state index contributed by atoms with van der Waals surface area (Å²) in [6.07, 6.45) is 1.79. The summed E-state index contributed by atoms with van der Waals surface area (Å²) in [6, 6.07) is 11.5. The van der Waals surface area contributed by atoms with Crippen LogP contribution in [0, 0.1) is 22.6 Å². The van der Waals surface area contributed by atoms with Crippen molar-refractivity contribution in [1.82, 2.24) is 0 Å². The molecule has 0 saturated heterocycles. The molecule has 8 heteroatoms. The molecule has 184 valence electrons. The average Bonchev–Trinajstić information content (AvgIpc) is 2.81. The predicted molar refractivity (Wildman–Crippen MR) is 143 cm³/mol. The van der Waals surface area contributed by atoms with Gasteiger partial charge in [-0.25, -0.2) is 4.39 Å². The second-order valence-corrected chi connectivity index (χ2v) is 15.5. The van der Waals surface area contributed by atoms with E-state index >= 15 is 4.39 Å². The van der Waals surface area contributed by atoms with Crippen LogP contribution in [-0.2, 0) is 0 Å². The lowest BCUT2D eigenvalue weighted by Crippen LogP contribution is -2.51. The molecule has 2 N–H and O–H groups in total. The number of nitrogens with one attached hydrogen (secondary N) is 2. The van der Waals surface area contributed by atoms with Crippen LogP contribution in [0.3, 0.4) is 0 Å². The Kier molecular flexibility index (Phi) is 9.60. The first kappa shape index (κ1) is 27.7. The van der Waals surface area contributed by atoms with Gasteiger partial charge in [-0.1, -0.05) is 41.5 Å². The molecule has 2 rings (SSSR count). The molecule has 0 aliphatic heterocycles. The quantitative estimate of drug-likeness (QED) is 0.198. The third-order valence-corrected chi connectivity index (χ3v) is 13.1. The van der Waals surface area contributed by atoms with Crippen molar-refractivity contribution >= 4 is 30.8 Å². The molecule has 34 heavy (non-hydrogen) atoms. The zero-order valence-electron chi connectivity index (χ0n) is 21.3. The van der Waals surface area contributed by atoms with Gasteiger partial charge in [-0.05, 0) is 53.2 Å². The fourth-order valence-electron chi connectivity index (χ4n) is 4.75. The highest BCUT2D eigenvalue weighted by molar-refractivity contribution is 8.13. The van der Waals surface area contributed by atoms with E-state index in [1.165, 1.54) is 11.8 Å². The van der Waals surface area contributed by atoms with E-state index in [9.17, 15) is 0 Å². The molecule has 0 heterocycles. The van der Waals surface area contributed by atoms with Crippen LogP contribution in [-0.4, -0.2) is 26.7 Å². The summed E-state index contributed by atoms with van der Waals surface area (Å²) >= 11 is 1.24. The molecule has 0 saturated carbocycles. The van der Waals surface area contributed by atoms with Gasteiger partial charge in [-0.3, -0.25) is 5.41 Å². The Morgan fingerprint density at radius 3 is 2.06 bits per heavy atom. The van der Waals surface area contributed by atoms with Gasteiger partial charge in [0.2, 0.25) is 0 Å². The van der Waals surface area contributed by atoms with Crippen molar-refractivity contribution in [3.05, 3.63) is 53.3 Å². The number of halogens is 1. The van der Waals surface area contributed by atoms with Gasteiger partial charge in [0.15, 0.2) is 5.82 Å². The summed E-state index contributed by atoms with van der Waals surface area (Å²) in [5.41, 5.74) is 2.33. The summed E-state index contributed by atoms with van der Waals surface area (Å²) in [5, 5.41) is 21.1. The normalized spacial score (nSPS) is 12.6. The van der Waals surface area contributed by atoms with Crippen LogP contribution in [0.4, 0.5) is 10.1 Å². The number of rotatable bonds is 10. The van der Waals surface area contributed by atoms with Crippen molar-refractivity contribution in [1.29, 1.82) is 10.7 Å². The molecular weight excluding hydrogens is 465 g/mol. The first-order chi connectivity index (χ1) is 16.0. The van der Waals surface area contributed by atoms with Crippen LogP contribution in [0.1, 0.15) is 58.7 Å². The van der Waals surface area contributed by atoms with E-state index in [0.717, 1.165) is 0 Å². The van der Waals surface area contributed by atoms with E-state index in [1.54, 1.807) is 49.8 Å². The Labute approximate surface area is 208 Å². The maximum atomic E-state index is 16.1. The fraction of sp³-hybridized carbons (Fsp3) is 0.462. The van der Waals surface area contributed by atoms with E-state index in [0.29, 0.717) is 17.0 Å². The second-order valence-electron chi connectivity index (χ2n) is 9.28. The third-order valence-electron chi connectivity index (χ3n) is 6.39. The monoisotopic (exact) mass is 501 g/mol. The molecule has 1 unspecified atom stereocenters. The first-order valence-corrected chi connectivity index (χ1v) is 14.8. The van der Waals surface area contributed by atoms with Crippen LogP contribution in [0.5, 0.6) is 11.5 Å². The number of thioether (sulfide) groups is 1. The second kappa shape index (κ2) is 11.8. The number of anilines is 1. The Morgan fingerprint density at radius 1 is 1.06 bits per heavy atom. The number of benzene rings is 2. The Bertz CT molecular complexity index is 1010. The molecule has 0 radical (unpaired) electrons. The Morgan fingerprint density at radius 2 is 1.62 bits per heavy atom. The van der Waals surface area contributed by atoms with E-state index in [4.69, 9.17) is 19.8 Å². The minimum atomic E-state index is -2.42. The third kappa shape index (κ3) is 5.76. The van der Waals surface area contributed by atoms with Gasteiger partial charge in [-0.2, -0.15) is 5.26 Å². The molecule has 1 atom stereocenters. The van der Waals surface area contributed by atoms with Crippen molar-refractivity contribution in [2.75, 3.05) is 18.7 Å². The summed E-state index contributed by atoms with van der Waals surface area (Å²) in [4.78, 5) is 0. The van der Waals surface area contributed by atoms with Crippen LogP contribution >= 0.6 is 11.8 Å². The minimum Gasteiger partial charge on any atom is -0.541 e. The molecule has 2 aromatic carbocycles. The maximum Gasteiger partial charge on any atom is 0.258 e. The summed E-state index contributed by atoms with van der Waals surface area (Å²) in [6.45, 7) is 12.9. The van der Waals surface area contributed by atoms with Crippen LogP contribution in [0.15, 0.2) is 36.4 Å². The van der Waals surface area contributed by atoms with Crippen molar-refractivity contribution in [3.63, 3.8) is 0 Å². The molecule has 0 spiro atoms. The first-order valence-electron chi connectivity index (χ1n) is 11.5. The standard InChI is InChI=1S/C26H36FN3O2SSi/c1-16(2)34(17(3)4,18(5)6)32-23-14-21(31-7)13-22(24(23)27)25(26(29)33-8)30-20-11-9-19(15-28)10-12-20/h9-14,16-18,25,29-30H,1-8H3. The molecule has 0 aliphatic rings. The smallest absolute Gasteiger partial charge is 0.258 e. The minimum absolute atomic E-state index is 0.178. The van der Waals surface area contributed by atoms with E-state index in [1.807, 2.05) is 0 Å². The van der Waals surface area contributed by atoms with Gasteiger partial charge in [0.25, 0.3) is 8.32 Å². The van der Waals surface area contributed by atoms with Gasteiger partial charge in [0.05, 0.1) is 23.8 Å². The molecule has 0 amide bonds. The number of hydrogen-bond donors (Lipinski definition) is 2. The van der Waals surface area contributed by atoms with Gasteiger partial charge in [0.1, 0.15) is 17.5 Å². The van der Waals surface area contributed by atoms with Gasteiger partial charge in [-0.15, -0.1) is 11.8 Å². The molecule has 2 aromatic rings. The van der Waals surface area contributed by atoms with Gasteiger partial charge >= 0.3 is 0 Å². The number of nitrogens with zero attached hydrogens (tertiary/aromatic N) is 1. The van der Waals surface area contributed by atoms with Crippen LogP contribution < -0.4 is 14.5 Å². The summed E-state index contributed by atoms with van der Waals surface area (Å²) in [5.74, 6) is 0.174. The topological polar surface area (TPSA) is 78.1 Å². The number of nitriles is 1. The molecular formula is C26H36FN3O2SSi. The number of ether oxygens (including phenoxy) is 1. The average molecular weight is 502 g/mol. The fourth-order valence-corrected chi connectivity index (χ4v) is 10.4. The summed E-state index contributed by atoms with van der Waals surface area (Å²) in [7, 11) is -0.875. The zero-order valence-corrected chi connectivity index (χ0v) is 23.1.